The molecule has 90 valence electrons. The Kier molecular flexibility index (Phi) is 3.31. The number of hydrogen-bond donors (Lipinski definition) is 0. The van der Waals surface area contributed by atoms with Crippen LogP contribution in [0.5, 0.6) is 0 Å². The first-order valence-corrected chi connectivity index (χ1v) is 6.31. The number of rotatable bonds is 2. The number of halogens is 1. The highest BCUT2D eigenvalue weighted by atomic mass is 35.5. The van der Waals surface area contributed by atoms with E-state index in [9.17, 15) is 0 Å². The molecule has 2 nitrogen and oxygen atoms in total. The second-order valence-electron chi connectivity index (χ2n) is 5.31. The van der Waals surface area contributed by atoms with Gasteiger partial charge >= 0.3 is 0 Å². The van der Waals surface area contributed by atoms with Crippen LogP contribution in [0.15, 0.2) is 24.3 Å². The van der Waals surface area contributed by atoms with Crippen molar-refractivity contribution < 1.29 is 0 Å². The zero-order valence-electron chi connectivity index (χ0n) is 10.3. The fourth-order valence-corrected chi connectivity index (χ4v) is 2.99. The molecule has 1 aromatic carbocycles. The predicted molar refractivity (Wildman–Crippen MR) is 71.2 cm³/mol. The van der Waals surface area contributed by atoms with Gasteiger partial charge in [0.15, 0.2) is 0 Å². The monoisotopic (exact) mass is 248 g/mol. The SMILES string of the molecule is CC1(C)CC(CC#N)CN1c1ccccc1Cl. The van der Waals surface area contributed by atoms with E-state index in [4.69, 9.17) is 16.9 Å². The van der Waals surface area contributed by atoms with Crippen molar-refractivity contribution in [2.75, 3.05) is 11.4 Å². The van der Waals surface area contributed by atoms with Gasteiger partial charge in [-0.05, 0) is 38.3 Å². The third-order valence-corrected chi connectivity index (χ3v) is 3.80. The van der Waals surface area contributed by atoms with Gasteiger partial charge in [0.05, 0.1) is 16.8 Å². The Hall–Kier alpha value is -1.20. The summed E-state index contributed by atoms with van der Waals surface area (Å²) in [5.74, 6) is 0.450. The lowest BCUT2D eigenvalue weighted by Gasteiger charge is -2.34. The molecular weight excluding hydrogens is 232 g/mol. The van der Waals surface area contributed by atoms with E-state index in [0.29, 0.717) is 12.3 Å². The molecule has 3 heteroatoms. The third-order valence-electron chi connectivity index (χ3n) is 3.48. The number of benzene rings is 1. The molecule has 1 aromatic rings. The van der Waals surface area contributed by atoms with Gasteiger partial charge < -0.3 is 4.90 Å². The highest BCUT2D eigenvalue weighted by Gasteiger charge is 2.38. The van der Waals surface area contributed by atoms with Gasteiger partial charge in [-0.25, -0.2) is 0 Å². The van der Waals surface area contributed by atoms with Crippen LogP contribution in [-0.4, -0.2) is 12.1 Å². The topological polar surface area (TPSA) is 27.0 Å². The lowest BCUT2D eigenvalue weighted by Crippen LogP contribution is -2.38. The molecule has 0 aliphatic carbocycles. The van der Waals surface area contributed by atoms with Crippen molar-refractivity contribution in [2.45, 2.75) is 32.2 Å². The predicted octanol–water partition coefficient (Wildman–Crippen LogP) is 3.86. The van der Waals surface area contributed by atoms with Crippen LogP contribution in [-0.2, 0) is 0 Å². The molecule has 1 aliphatic rings. The summed E-state index contributed by atoms with van der Waals surface area (Å²) in [5.41, 5.74) is 1.16. The molecule has 2 rings (SSSR count). The van der Waals surface area contributed by atoms with Crippen molar-refractivity contribution in [3.8, 4) is 6.07 Å². The smallest absolute Gasteiger partial charge is 0.0639 e. The average Bonchev–Trinajstić information content (AvgIpc) is 2.55. The van der Waals surface area contributed by atoms with E-state index in [1.807, 2.05) is 18.2 Å². The zero-order chi connectivity index (χ0) is 12.5. The van der Waals surface area contributed by atoms with Crippen LogP contribution in [0.1, 0.15) is 26.7 Å². The van der Waals surface area contributed by atoms with E-state index in [1.165, 1.54) is 0 Å². The van der Waals surface area contributed by atoms with Gasteiger partial charge in [0, 0.05) is 18.5 Å². The summed E-state index contributed by atoms with van der Waals surface area (Å²) >= 11 is 6.25. The fraction of sp³-hybridized carbons (Fsp3) is 0.500. The fourth-order valence-electron chi connectivity index (χ4n) is 2.75. The maximum absolute atomic E-state index is 8.81. The van der Waals surface area contributed by atoms with Crippen LogP contribution in [0, 0.1) is 17.2 Å². The van der Waals surface area contributed by atoms with Gasteiger partial charge in [0.1, 0.15) is 0 Å². The van der Waals surface area contributed by atoms with E-state index in [-0.39, 0.29) is 5.54 Å². The molecular formula is C14H17ClN2. The van der Waals surface area contributed by atoms with E-state index in [1.54, 1.807) is 0 Å². The number of anilines is 1. The molecule has 1 saturated heterocycles. The Bertz CT molecular complexity index is 448. The minimum absolute atomic E-state index is 0.0759. The standard InChI is InChI=1S/C14H17ClN2/c1-14(2)9-11(7-8-16)10-17(14)13-6-4-3-5-12(13)15/h3-6,11H,7,9-10H2,1-2H3. The van der Waals surface area contributed by atoms with Crippen molar-refractivity contribution in [3.05, 3.63) is 29.3 Å². The second-order valence-corrected chi connectivity index (χ2v) is 5.71. The van der Waals surface area contributed by atoms with E-state index in [0.717, 1.165) is 23.7 Å². The minimum Gasteiger partial charge on any atom is -0.365 e. The van der Waals surface area contributed by atoms with Crippen molar-refractivity contribution in [1.82, 2.24) is 0 Å². The minimum atomic E-state index is 0.0759. The summed E-state index contributed by atoms with van der Waals surface area (Å²) < 4.78 is 0. The Labute approximate surface area is 108 Å². The zero-order valence-corrected chi connectivity index (χ0v) is 11.0. The lowest BCUT2D eigenvalue weighted by atomic mass is 9.95. The van der Waals surface area contributed by atoms with E-state index in [2.05, 4.69) is 30.9 Å². The van der Waals surface area contributed by atoms with Gasteiger partial charge in [-0.1, -0.05) is 23.7 Å². The number of para-hydroxylation sites is 1. The van der Waals surface area contributed by atoms with Crippen molar-refractivity contribution in [1.29, 1.82) is 5.26 Å². The molecule has 1 heterocycles. The molecule has 1 fully saturated rings. The molecule has 0 amide bonds. The Morgan fingerprint density at radius 3 is 2.82 bits per heavy atom. The first-order chi connectivity index (χ1) is 8.04. The Balaban J connectivity index is 2.28. The summed E-state index contributed by atoms with van der Waals surface area (Å²) in [5, 5.41) is 9.60. The molecule has 1 atom stereocenters. The average molecular weight is 249 g/mol. The number of nitrogens with zero attached hydrogens (tertiary/aromatic N) is 2. The van der Waals surface area contributed by atoms with E-state index < -0.39 is 0 Å². The van der Waals surface area contributed by atoms with Crippen molar-refractivity contribution in [2.24, 2.45) is 5.92 Å². The van der Waals surface area contributed by atoms with Gasteiger partial charge in [-0.3, -0.25) is 0 Å². The van der Waals surface area contributed by atoms with Crippen molar-refractivity contribution >= 4 is 17.3 Å². The summed E-state index contributed by atoms with van der Waals surface area (Å²) in [4.78, 5) is 2.33. The van der Waals surface area contributed by atoms with Gasteiger partial charge in [0.2, 0.25) is 0 Å². The van der Waals surface area contributed by atoms with Crippen LogP contribution in [0.2, 0.25) is 5.02 Å². The summed E-state index contributed by atoms with van der Waals surface area (Å²) in [6.45, 7) is 5.35. The quantitative estimate of drug-likeness (QED) is 0.795. The van der Waals surface area contributed by atoms with Crippen LogP contribution in [0.3, 0.4) is 0 Å². The number of hydrogen-bond acceptors (Lipinski definition) is 2. The summed E-state index contributed by atoms with van der Waals surface area (Å²) in [6, 6.07) is 10.2. The molecule has 1 aliphatic heterocycles. The molecule has 0 radical (unpaired) electrons. The molecule has 1 unspecified atom stereocenters. The molecule has 0 aromatic heterocycles. The van der Waals surface area contributed by atoms with Crippen LogP contribution >= 0.6 is 11.6 Å². The molecule has 0 bridgehead atoms. The summed E-state index contributed by atoms with van der Waals surface area (Å²) in [7, 11) is 0. The molecule has 17 heavy (non-hydrogen) atoms. The third kappa shape index (κ3) is 2.40. The van der Waals surface area contributed by atoms with Gasteiger partial charge in [-0.2, -0.15) is 5.26 Å². The maximum Gasteiger partial charge on any atom is 0.0639 e. The maximum atomic E-state index is 8.81. The highest BCUT2D eigenvalue weighted by molar-refractivity contribution is 6.33. The normalized spacial score (nSPS) is 22.5. The highest BCUT2D eigenvalue weighted by Crippen LogP contribution is 2.40. The Morgan fingerprint density at radius 2 is 2.18 bits per heavy atom. The van der Waals surface area contributed by atoms with Crippen LogP contribution in [0.4, 0.5) is 5.69 Å². The lowest BCUT2D eigenvalue weighted by molar-refractivity contribution is 0.476. The van der Waals surface area contributed by atoms with Crippen molar-refractivity contribution in [3.63, 3.8) is 0 Å². The van der Waals surface area contributed by atoms with Crippen LogP contribution in [0.25, 0.3) is 0 Å². The largest absolute Gasteiger partial charge is 0.365 e. The second kappa shape index (κ2) is 4.58. The number of nitriles is 1. The Morgan fingerprint density at radius 1 is 1.47 bits per heavy atom. The van der Waals surface area contributed by atoms with E-state index >= 15 is 0 Å². The first kappa shape index (κ1) is 12.3. The van der Waals surface area contributed by atoms with Gasteiger partial charge in [-0.15, -0.1) is 0 Å². The molecule has 0 spiro atoms. The van der Waals surface area contributed by atoms with Crippen LogP contribution < -0.4 is 4.90 Å². The first-order valence-electron chi connectivity index (χ1n) is 5.94. The van der Waals surface area contributed by atoms with Gasteiger partial charge in [0.25, 0.3) is 0 Å². The summed E-state index contributed by atoms with van der Waals surface area (Å²) in [6.07, 6.45) is 1.68. The molecule has 0 saturated carbocycles. The molecule has 0 N–H and O–H groups in total.